The molecule has 5 nitrogen and oxygen atoms in total. The molecular formula is C3H10NNaO4S. The molecule has 0 aliphatic rings. The van der Waals surface area contributed by atoms with Gasteiger partial charge in [-0.2, -0.15) is 8.42 Å². The first-order valence-electron chi connectivity index (χ1n) is 2.22. The zero-order valence-corrected chi connectivity index (χ0v) is 8.85. The second-order valence-electron chi connectivity index (χ2n) is 1.31. The molecule has 0 aromatic carbocycles. The van der Waals surface area contributed by atoms with Crippen molar-refractivity contribution < 1.29 is 48.3 Å². The van der Waals surface area contributed by atoms with E-state index in [-0.39, 0.29) is 44.2 Å². The van der Waals surface area contributed by atoms with Crippen molar-refractivity contribution in [3.8, 4) is 0 Å². The van der Waals surface area contributed by atoms with Crippen molar-refractivity contribution in [1.29, 1.82) is 0 Å². The quantitative estimate of drug-likeness (QED) is 0.352. The first-order valence-corrected chi connectivity index (χ1v) is 3.69. The van der Waals surface area contributed by atoms with Crippen LogP contribution in [0.15, 0.2) is 0 Å². The number of rotatable bonds is 4. The van der Waals surface area contributed by atoms with Crippen LogP contribution in [0.5, 0.6) is 0 Å². The number of nitrogens with two attached hydrogens (primary N) is 1. The van der Waals surface area contributed by atoms with Crippen molar-refractivity contribution in [2.75, 3.05) is 20.3 Å². The van der Waals surface area contributed by atoms with Crippen LogP contribution in [-0.4, -0.2) is 28.7 Å². The fourth-order valence-electron chi connectivity index (χ4n) is 0.234. The summed E-state index contributed by atoms with van der Waals surface area (Å²) in [6, 6.07) is 0. The average Bonchev–Trinajstić information content (AvgIpc) is 1.63. The average molecular weight is 179 g/mol. The molecule has 0 amide bonds. The maximum absolute atomic E-state index is 10.0. The van der Waals surface area contributed by atoms with E-state index >= 15 is 0 Å². The number of ether oxygens (including phenoxy) is 1. The molecule has 0 rings (SSSR count). The van der Waals surface area contributed by atoms with Gasteiger partial charge in [-0.05, 0) is 0 Å². The Morgan fingerprint density at radius 1 is 1.50 bits per heavy atom. The van der Waals surface area contributed by atoms with Crippen LogP contribution in [0.4, 0.5) is 0 Å². The molecule has 7 heteroatoms. The largest absolute Gasteiger partial charge is 1.00 e. The third kappa shape index (κ3) is 11.6. The zero-order valence-electron chi connectivity index (χ0n) is 7.03. The van der Waals surface area contributed by atoms with E-state index in [1.54, 1.807) is 0 Å². The summed E-state index contributed by atoms with van der Waals surface area (Å²) >= 11 is 0. The molecule has 58 valence electrons. The Balaban J connectivity index is -0.000000320. The standard InChI is InChI=1S/C3H9NO4S.Na.H/c1-7-2-3-8-9(4,5)6;;/h2-3H2,1H3,(H2,4,5,6);;/q;+1;-1. The Morgan fingerprint density at radius 2 is 2.00 bits per heavy atom. The molecule has 0 atom stereocenters. The molecule has 0 fully saturated rings. The van der Waals surface area contributed by atoms with Gasteiger partial charge in [0.05, 0.1) is 13.2 Å². The molecule has 0 aromatic rings. The SMILES string of the molecule is COCCOS(N)(=O)=O.[H-].[Na+]. The minimum Gasteiger partial charge on any atom is -1.00 e. The van der Waals surface area contributed by atoms with Crippen LogP contribution in [0.1, 0.15) is 1.43 Å². The first kappa shape index (κ1) is 13.4. The summed E-state index contributed by atoms with van der Waals surface area (Å²) in [5.41, 5.74) is 0. The van der Waals surface area contributed by atoms with Gasteiger partial charge in [0.1, 0.15) is 0 Å². The fraction of sp³-hybridized carbons (Fsp3) is 1.00. The number of methoxy groups -OCH3 is 1. The van der Waals surface area contributed by atoms with Crippen LogP contribution >= 0.6 is 0 Å². The van der Waals surface area contributed by atoms with Crippen molar-refractivity contribution in [2.24, 2.45) is 5.14 Å². The van der Waals surface area contributed by atoms with Gasteiger partial charge in [-0.15, -0.1) is 0 Å². The topological polar surface area (TPSA) is 78.6 Å². The van der Waals surface area contributed by atoms with Crippen molar-refractivity contribution in [3.63, 3.8) is 0 Å². The van der Waals surface area contributed by atoms with E-state index in [2.05, 4.69) is 14.1 Å². The first-order chi connectivity index (χ1) is 4.06. The molecule has 0 unspecified atom stereocenters. The molecule has 0 bridgehead atoms. The molecular weight excluding hydrogens is 169 g/mol. The van der Waals surface area contributed by atoms with Gasteiger partial charge in [-0.3, -0.25) is 4.18 Å². The van der Waals surface area contributed by atoms with Crippen LogP contribution in [0.2, 0.25) is 0 Å². The molecule has 0 saturated carbocycles. The molecule has 0 aromatic heterocycles. The third-order valence-electron chi connectivity index (χ3n) is 0.535. The summed E-state index contributed by atoms with van der Waals surface area (Å²) in [5.74, 6) is 0. The molecule has 0 aliphatic heterocycles. The van der Waals surface area contributed by atoms with Crippen LogP contribution in [0.25, 0.3) is 0 Å². The Morgan fingerprint density at radius 3 is 2.30 bits per heavy atom. The third-order valence-corrected chi connectivity index (χ3v) is 1.03. The summed E-state index contributed by atoms with van der Waals surface area (Å²) < 4.78 is 28.6. The molecule has 2 N–H and O–H groups in total. The van der Waals surface area contributed by atoms with E-state index in [1.165, 1.54) is 7.11 Å². The monoisotopic (exact) mass is 179 g/mol. The molecule has 0 radical (unpaired) electrons. The number of hydrogen-bond acceptors (Lipinski definition) is 4. The Labute approximate surface area is 83.9 Å². The van der Waals surface area contributed by atoms with E-state index < -0.39 is 10.3 Å². The van der Waals surface area contributed by atoms with E-state index in [9.17, 15) is 8.42 Å². The van der Waals surface area contributed by atoms with Crippen LogP contribution in [-0.2, 0) is 19.2 Å². The van der Waals surface area contributed by atoms with Crippen molar-refractivity contribution in [3.05, 3.63) is 0 Å². The summed E-state index contributed by atoms with van der Waals surface area (Å²) in [4.78, 5) is 0. The van der Waals surface area contributed by atoms with Gasteiger partial charge in [0.25, 0.3) is 0 Å². The smallest absolute Gasteiger partial charge is 1.00 e. The predicted octanol–water partition coefficient (Wildman–Crippen LogP) is -4.03. The van der Waals surface area contributed by atoms with Crippen molar-refractivity contribution >= 4 is 10.3 Å². The fourth-order valence-corrected chi connectivity index (χ4v) is 0.534. The van der Waals surface area contributed by atoms with Crippen LogP contribution < -0.4 is 34.7 Å². The number of hydrogen-bond donors (Lipinski definition) is 1. The van der Waals surface area contributed by atoms with Gasteiger partial charge in [0.2, 0.25) is 0 Å². The van der Waals surface area contributed by atoms with Gasteiger partial charge in [0, 0.05) is 7.11 Å². The summed E-state index contributed by atoms with van der Waals surface area (Å²) in [6.45, 7) is 0.186. The normalized spacial score (nSPS) is 10.6. The minimum absolute atomic E-state index is 0. The maximum atomic E-state index is 10.0. The second-order valence-corrected chi connectivity index (χ2v) is 2.53. The van der Waals surface area contributed by atoms with E-state index in [1.807, 2.05) is 0 Å². The molecule has 0 aliphatic carbocycles. The van der Waals surface area contributed by atoms with Gasteiger partial charge >= 0.3 is 39.9 Å². The Kier molecular flexibility index (Phi) is 8.77. The second kappa shape index (κ2) is 6.53. The summed E-state index contributed by atoms with van der Waals surface area (Å²) in [6.07, 6.45) is 0. The van der Waals surface area contributed by atoms with Gasteiger partial charge in [0.15, 0.2) is 0 Å². The van der Waals surface area contributed by atoms with Gasteiger partial charge in [-0.1, -0.05) is 0 Å². The molecule has 0 saturated heterocycles. The Hall–Kier alpha value is 0.830. The van der Waals surface area contributed by atoms with Gasteiger partial charge in [-0.25, -0.2) is 5.14 Å². The van der Waals surface area contributed by atoms with E-state index in [0.717, 1.165) is 0 Å². The predicted molar refractivity (Wildman–Crippen MR) is 32.0 cm³/mol. The van der Waals surface area contributed by atoms with E-state index in [0.29, 0.717) is 0 Å². The summed E-state index contributed by atoms with van der Waals surface area (Å²) in [5, 5.41) is 4.47. The maximum Gasteiger partial charge on any atom is 1.00 e. The van der Waals surface area contributed by atoms with Gasteiger partial charge < -0.3 is 6.16 Å². The van der Waals surface area contributed by atoms with E-state index in [4.69, 9.17) is 0 Å². The van der Waals surface area contributed by atoms with Crippen molar-refractivity contribution in [1.82, 2.24) is 0 Å². The van der Waals surface area contributed by atoms with Crippen LogP contribution in [0, 0.1) is 0 Å². The Bertz CT molecular complexity index is 161. The molecule has 0 spiro atoms. The molecule has 10 heavy (non-hydrogen) atoms. The van der Waals surface area contributed by atoms with Crippen LogP contribution in [0.3, 0.4) is 0 Å². The zero-order chi connectivity index (χ0) is 7.33. The summed E-state index contributed by atoms with van der Waals surface area (Å²) in [7, 11) is -2.34. The minimum atomic E-state index is -3.78. The molecule has 0 heterocycles. The van der Waals surface area contributed by atoms with Crippen molar-refractivity contribution in [2.45, 2.75) is 0 Å².